The topological polar surface area (TPSA) is 40.2 Å². The van der Waals surface area contributed by atoms with Gasteiger partial charge < -0.3 is 18.9 Å². The molecule has 0 amide bonds. The van der Waals surface area contributed by atoms with E-state index in [0.29, 0.717) is 45.5 Å². The Morgan fingerprint density at radius 2 is 0.938 bits per heavy atom. The number of piperidine rings is 1. The molecule has 0 bridgehead atoms. The van der Waals surface area contributed by atoms with Crippen LogP contribution >= 0.6 is 0 Å². The van der Waals surface area contributed by atoms with Gasteiger partial charge in [-0.2, -0.15) is 0 Å². The predicted molar refractivity (Wildman–Crippen MR) is 191 cm³/mol. The fraction of sp³-hybridized carbons (Fsp3) is 0.302. The van der Waals surface area contributed by atoms with E-state index in [-0.39, 0.29) is 24.4 Å². The number of likely N-dealkylation sites (tertiary alicyclic amines) is 1. The van der Waals surface area contributed by atoms with Crippen LogP contribution < -0.4 is 0 Å². The maximum Gasteiger partial charge on any atom is 0.113 e. The first-order valence-corrected chi connectivity index (χ1v) is 17.1. The van der Waals surface area contributed by atoms with Crippen molar-refractivity contribution in [1.82, 2.24) is 4.90 Å². The minimum atomic E-state index is -0.314. The van der Waals surface area contributed by atoms with Gasteiger partial charge in [0.15, 0.2) is 0 Å². The Hall–Kier alpha value is -4.10. The minimum absolute atomic E-state index is 0.0547. The third kappa shape index (κ3) is 9.72. The van der Waals surface area contributed by atoms with Gasteiger partial charge >= 0.3 is 0 Å². The molecule has 1 unspecified atom stereocenters. The molecule has 5 aromatic rings. The van der Waals surface area contributed by atoms with Crippen LogP contribution in [0, 0.1) is 0 Å². The molecule has 0 N–H and O–H groups in total. The zero-order chi connectivity index (χ0) is 32.8. The second-order valence-corrected chi connectivity index (χ2v) is 12.7. The quantitative estimate of drug-likeness (QED) is 0.108. The van der Waals surface area contributed by atoms with E-state index in [1.54, 1.807) is 0 Å². The van der Waals surface area contributed by atoms with Crippen LogP contribution in [0.5, 0.6) is 0 Å². The van der Waals surface area contributed by atoms with Crippen LogP contribution in [-0.2, 0) is 45.4 Å². The van der Waals surface area contributed by atoms with E-state index in [2.05, 4.69) is 139 Å². The third-order valence-electron chi connectivity index (χ3n) is 9.11. The average Bonchev–Trinajstić information content (AvgIpc) is 3.15. The number of nitrogens with zero attached hydrogens (tertiary/aromatic N) is 1. The van der Waals surface area contributed by atoms with Crippen LogP contribution in [-0.4, -0.2) is 49.0 Å². The van der Waals surface area contributed by atoms with E-state index in [1.165, 1.54) is 5.56 Å². The van der Waals surface area contributed by atoms with Crippen molar-refractivity contribution in [3.8, 4) is 0 Å². The Kier molecular flexibility index (Phi) is 12.6. The van der Waals surface area contributed by atoms with E-state index < -0.39 is 0 Å². The molecule has 5 nitrogen and oxygen atoms in total. The molecule has 6 rings (SSSR count). The van der Waals surface area contributed by atoms with Crippen molar-refractivity contribution in [3.05, 3.63) is 179 Å². The van der Waals surface area contributed by atoms with Gasteiger partial charge in [-0.25, -0.2) is 0 Å². The van der Waals surface area contributed by atoms with Crippen LogP contribution in [0.4, 0.5) is 0 Å². The molecular weight excluding hydrogens is 594 g/mol. The standard InChI is InChI=1S/C43H47NO4/c1-34(39-25-15-6-16-26-39)27-44-28-41(46-30-36-19-9-3-10-20-36)43(48-32-38-23-13-5-14-24-38)42(47-31-37-21-11-4-12-22-37)40(44)33-45-29-35-17-7-2-8-18-35/h2-26,34,40-43H,27-33H2,1H3/t34?,40-,41+,42-,43-/m1/s1. The van der Waals surface area contributed by atoms with Gasteiger partial charge in [0.2, 0.25) is 0 Å². The molecule has 1 aliphatic rings. The van der Waals surface area contributed by atoms with Gasteiger partial charge in [0.1, 0.15) is 12.2 Å². The predicted octanol–water partition coefficient (Wildman–Crippen LogP) is 8.45. The second-order valence-electron chi connectivity index (χ2n) is 12.7. The Labute approximate surface area is 286 Å². The van der Waals surface area contributed by atoms with Gasteiger partial charge in [0.05, 0.1) is 45.2 Å². The molecule has 0 saturated carbocycles. The first-order chi connectivity index (χ1) is 23.7. The zero-order valence-corrected chi connectivity index (χ0v) is 27.9. The summed E-state index contributed by atoms with van der Waals surface area (Å²) < 4.78 is 27.2. The molecule has 0 radical (unpaired) electrons. The molecule has 1 aliphatic heterocycles. The van der Waals surface area contributed by atoms with Crippen LogP contribution in [0.2, 0.25) is 0 Å². The molecule has 48 heavy (non-hydrogen) atoms. The Morgan fingerprint density at radius 1 is 0.521 bits per heavy atom. The van der Waals surface area contributed by atoms with Gasteiger partial charge in [-0.05, 0) is 33.7 Å². The Morgan fingerprint density at radius 3 is 1.44 bits per heavy atom. The molecule has 1 fully saturated rings. The fourth-order valence-electron chi connectivity index (χ4n) is 6.50. The molecular formula is C43H47NO4. The molecule has 0 aromatic heterocycles. The maximum atomic E-state index is 6.96. The number of hydrogen-bond donors (Lipinski definition) is 0. The normalized spacial score (nSPS) is 20.4. The summed E-state index contributed by atoms with van der Waals surface area (Å²) in [6.07, 6.45) is -0.837. The Balaban J connectivity index is 1.31. The summed E-state index contributed by atoms with van der Waals surface area (Å²) >= 11 is 0. The summed E-state index contributed by atoms with van der Waals surface area (Å²) in [4.78, 5) is 2.52. The van der Waals surface area contributed by atoms with E-state index in [9.17, 15) is 0 Å². The SMILES string of the molecule is CC(CN1C[C@H](OCc2ccccc2)[C@@H](OCc2ccccc2)[C@H](OCc2ccccc2)[C@H]1COCc1ccccc1)c1ccccc1. The van der Waals surface area contributed by atoms with Crippen molar-refractivity contribution >= 4 is 0 Å². The summed E-state index contributed by atoms with van der Waals surface area (Å²) in [6, 6.07) is 52.2. The lowest BCUT2D eigenvalue weighted by molar-refractivity contribution is -0.211. The van der Waals surface area contributed by atoms with Crippen LogP contribution in [0.3, 0.4) is 0 Å². The first kappa shape index (κ1) is 33.8. The molecule has 1 heterocycles. The number of rotatable bonds is 16. The van der Waals surface area contributed by atoms with Crippen molar-refractivity contribution in [2.45, 2.75) is 63.6 Å². The number of hydrogen-bond acceptors (Lipinski definition) is 5. The number of ether oxygens (including phenoxy) is 4. The highest BCUT2D eigenvalue weighted by Gasteiger charge is 2.46. The van der Waals surface area contributed by atoms with Crippen LogP contribution in [0.15, 0.2) is 152 Å². The largest absolute Gasteiger partial charge is 0.375 e. The van der Waals surface area contributed by atoms with Crippen molar-refractivity contribution in [3.63, 3.8) is 0 Å². The second kappa shape index (κ2) is 17.9. The lowest BCUT2D eigenvalue weighted by Crippen LogP contribution is -2.65. The van der Waals surface area contributed by atoms with Gasteiger partial charge in [0, 0.05) is 13.1 Å². The van der Waals surface area contributed by atoms with E-state index >= 15 is 0 Å². The molecule has 5 heteroatoms. The van der Waals surface area contributed by atoms with Crippen molar-refractivity contribution in [2.24, 2.45) is 0 Å². The van der Waals surface area contributed by atoms with Crippen molar-refractivity contribution in [2.75, 3.05) is 19.7 Å². The van der Waals surface area contributed by atoms with E-state index in [1.807, 2.05) is 24.3 Å². The molecule has 0 spiro atoms. The highest BCUT2D eigenvalue weighted by atomic mass is 16.6. The highest BCUT2D eigenvalue weighted by molar-refractivity contribution is 5.20. The summed E-state index contributed by atoms with van der Waals surface area (Å²) in [7, 11) is 0. The highest BCUT2D eigenvalue weighted by Crippen LogP contribution is 2.31. The third-order valence-corrected chi connectivity index (χ3v) is 9.11. The smallest absolute Gasteiger partial charge is 0.113 e. The first-order valence-electron chi connectivity index (χ1n) is 17.1. The van der Waals surface area contributed by atoms with Gasteiger partial charge in [0.25, 0.3) is 0 Å². The summed E-state index contributed by atoms with van der Waals surface area (Å²) in [5, 5.41) is 0. The van der Waals surface area contributed by atoms with Crippen molar-refractivity contribution < 1.29 is 18.9 Å². The molecule has 1 saturated heterocycles. The van der Waals surface area contributed by atoms with E-state index in [4.69, 9.17) is 18.9 Å². The molecule has 248 valence electrons. The number of benzene rings is 5. The summed E-state index contributed by atoms with van der Waals surface area (Å²) in [6.45, 7) is 6.33. The van der Waals surface area contributed by atoms with Crippen molar-refractivity contribution in [1.29, 1.82) is 0 Å². The molecule has 5 aromatic carbocycles. The maximum absolute atomic E-state index is 6.96. The fourth-order valence-corrected chi connectivity index (χ4v) is 6.50. The van der Waals surface area contributed by atoms with Gasteiger partial charge in [-0.1, -0.05) is 159 Å². The minimum Gasteiger partial charge on any atom is -0.375 e. The lowest BCUT2D eigenvalue weighted by Gasteiger charge is -2.49. The Bertz CT molecular complexity index is 1590. The zero-order valence-electron chi connectivity index (χ0n) is 27.9. The molecule has 5 atom stereocenters. The van der Waals surface area contributed by atoms with E-state index in [0.717, 1.165) is 28.8 Å². The van der Waals surface area contributed by atoms with Crippen LogP contribution in [0.25, 0.3) is 0 Å². The van der Waals surface area contributed by atoms with Gasteiger partial charge in [-0.3, -0.25) is 4.90 Å². The molecule has 0 aliphatic carbocycles. The summed E-state index contributed by atoms with van der Waals surface area (Å²) in [5.74, 6) is 0.300. The monoisotopic (exact) mass is 641 g/mol. The average molecular weight is 642 g/mol. The van der Waals surface area contributed by atoms with Gasteiger partial charge in [-0.15, -0.1) is 0 Å². The lowest BCUT2D eigenvalue weighted by atomic mass is 9.91. The summed E-state index contributed by atoms with van der Waals surface area (Å²) in [5.41, 5.74) is 5.85. The van der Waals surface area contributed by atoms with Crippen LogP contribution in [0.1, 0.15) is 40.7 Å².